The number of carbonyl (C=O) groups excluding carboxylic acids is 3. The fourth-order valence-electron chi connectivity index (χ4n) is 4.89. The Labute approximate surface area is 195 Å². The fraction of sp³-hybridized carbons (Fsp3) is 0.192. The first-order chi connectivity index (χ1) is 16.0. The number of amides is 2. The number of halogens is 1. The fourth-order valence-corrected chi connectivity index (χ4v) is 5.01. The molecule has 3 aromatic carbocycles. The Kier molecular flexibility index (Phi) is 4.98. The van der Waals surface area contributed by atoms with Gasteiger partial charge in [0, 0.05) is 10.6 Å². The zero-order chi connectivity index (χ0) is 23.2. The molecule has 0 bridgehead atoms. The lowest BCUT2D eigenvalue weighted by Gasteiger charge is -2.53. The molecule has 5 rings (SSSR count). The van der Waals surface area contributed by atoms with Gasteiger partial charge in [-0.05, 0) is 35.7 Å². The lowest BCUT2D eigenvalue weighted by Crippen LogP contribution is -2.71. The molecule has 2 atom stereocenters. The first-order valence-corrected chi connectivity index (χ1v) is 11.0. The van der Waals surface area contributed by atoms with E-state index in [1.807, 2.05) is 37.3 Å². The zero-order valence-electron chi connectivity index (χ0n) is 17.8. The summed E-state index contributed by atoms with van der Waals surface area (Å²) in [5, 5.41) is 0.510. The molecule has 6 nitrogen and oxygen atoms in total. The molecule has 2 aliphatic rings. The van der Waals surface area contributed by atoms with Crippen LogP contribution in [0.1, 0.15) is 30.0 Å². The summed E-state index contributed by atoms with van der Waals surface area (Å²) < 4.78 is 11.1. The molecule has 166 valence electrons. The zero-order valence-corrected chi connectivity index (χ0v) is 18.5. The van der Waals surface area contributed by atoms with Gasteiger partial charge in [-0.2, -0.15) is 0 Å². The van der Waals surface area contributed by atoms with E-state index in [-0.39, 0.29) is 6.61 Å². The standard InChI is InChI=1S/C26H20ClNO5/c1-2-25(18-12-14-19(27)15-13-18)23(30)33-26(25)20-10-6-7-11-21(20)28(22(26)29)24(31)32-16-17-8-4-3-5-9-17/h3-15H,2,16H2,1H3/t25-,26+/m1/s1. The summed E-state index contributed by atoms with van der Waals surface area (Å²) >= 11 is 6.06. The number of ether oxygens (including phenoxy) is 2. The number of benzene rings is 3. The molecule has 2 heterocycles. The van der Waals surface area contributed by atoms with Gasteiger partial charge in [0.1, 0.15) is 12.0 Å². The molecule has 0 aromatic heterocycles. The number of carbonyl (C=O) groups is 3. The average Bonchev–Trinajstić information content (AvgIpc) is 3.10. The summed E-state index contributed by atoms with van der Waals surface area (Å²) in [4.78, 5) is 41.0. The van der Waals surface area contributed by atoms with E-state index in [4.69, 9.17) is 21.1 Å². The number of hydrogen-bond donors (Lipinski definition) is 0. The Morgan fingerprint density at radius 3 is 2.30 bits per heavy atom. The van der Waals surface area contributed by atoms with Crippen LogP contribution in [0.15, 0.2) is 78.9 Å². The molecule has 0 unspecified atom stereocenters. The second-order valence-corrected chi connectivity index (χ2v) is 8.47. The van der Waals surface area contributed by atoms with Crippen LogP contribution < -0.4 is 4.90 Å². The number of esters is 1. The minimum atomic E-state index is -1.66. The van der Waals surface area contributed by atoms with Crippen molar-refractivity contribution in [3.8, 4) is 0 Å². The summed E-state index contributed by atoms with van der Waals surface area (Å²) in [5.41, 5.74) is -0.746. The lowest BCUT2D eigenvalue weighted by atomic mass is 9.59. The average molecular weight is 462 g/mol. The van der Waals surface area contributed by atoms with Gasteiger partial charge in [0.15, 0.2) is 0 Å². The maximum absolute atomic E-state index is 13.9. The van der Waals surface area contributed by atoms with Crippen molar-refractivity contribution in [1.29, 1.82) is 0 Å². The Balaban J connectivity index is 1.58. The number of fused-ring (bicyclic) bond motifs is 2. The first-order valence-electron chi connectivity index (χ1n) is 10.6. The number of rotatable bonds is 4. The summed E-state index contributed by atoms with van der Waals surface area (Å²) in [6.07, 6.45) is -0.530. The van der Waals surface area contributed by atoms with Gasteiger partial charge in [-0.3, -0.25) is 9.59 Å². The van der Waals surface area contributed by atoms with Crippen LogP contribution in [0.4, 0.5) is 10.5 Å². The van der Waals surface area contributed by atoms with Crippen molar-refractivity contribution in [2.75, 3.05) is 4.90 Å². The van der Waals surface area contributed by atoms with E-state index in [0.717, 1.165) is 10.5 Å². The number of nitrogens with zero attached hydrogens (tertiary/aromatic N) is 1. The largest absolute Gasteiger partial charge is 0.444 e. The van der Waals surface area contributed by atoms with E-state index in [1.165, 1.54) is 0 Å². The second-order valence-electron chi connectivity index (χ2n) is 8.03. The molecule has 1 saturated heterocycles. The molecule has 1 fully saturated rings. The molecule has 33 heavy (non-hydrogen) atoms. The van der Waals surface area contributed by atoms with Gasteiger partial charge in [0.2, 0.25) is 5.60 Å². The molecule has 7 heteroatoms. The topological polar surface area (TPSA) is 72.9 Å². The van der Waals surface area contributed by atoms with Crippen molar-refractivity contribution >= 4 is 35.3 Å². The summed E-state index contributed by atoms with van der Waals surface area (Å²) in [6.45, 7) is 1.83. The van der Waals surface area contributed by atoms with E-state index in [2.05, 4.69) is 0 Å². The van der Waals surface area contributed by atoms with Crippen LogP contribution in [0.3, 0.4) is 0 Å². The summed E-state index contributed by atoms with van der Waals surface area (Å²) in [6, 6.07) is 22.8. The third-order valence-corrected chi connectivity index (χ3v) is 6.73. The second kappa shape index (κ2) is 7.74. The van der Waals surface area contributed by atoms with Crippen LogP contribution in [0.5, 0.6) is 0 Å². The van der Waals surface area contributed by atoms with E-state index < -0.39 is 29.0 Å². The van der Waals surface area contributed by atoms with Gasteiger partial charge in [-0.1, -0.05) is 79.2 Å². The maximum Gasteiger partial charge on any atom is 0.421 e. The van der Waals surface area contributed by atoms with Crippen LogP contribution in [0.2, 0.25) is 5.02 Å². The van der Waals surface area contributed by atoms with Crippen molar-refractivity contribution in [1.82, 2.24) is 0 Å². The lowest BCUT2D eigenvalue weighted by molar-refractivity contribution is -0.223. The van der Waals surface area contributed by atoms with E-state index in [0.29, 0.717) is 28.3 Å². The smallest absolute Gasteiger partial charge is 0.421 e. The van der Waals surface area contributed by atoms with Gasteiger partial charge in [-0.15, -0.1) is 0 Å². The van der Waals surface area contributed by atoms with Crippen molar-refractivity contribution < 1.29 is 23.9 Å². The highest BCUT2D eigenvalue weighted by atomic mass is 35.5. The molecule has 1 spiro atoms. The Bertz CT molecular complexity index is 1260. The SMILES string of the molecule is CC[C@@]1(c2ccc(Cl)cc2)C(=O)O[C@@]12C(=O)N(C(=O)OCc1ccccc1)c1ccccc12. The van der Waals surface area contributed by atoms with Crippen molar-refractivity contribution in [3.63, 3.8) is 0 Å². The predicted octanol–water partition coefficient (Wildman–Crippen LogP) is 5.12. The van der Waals surface area contributed by atoms with Crippen LogP contribution in [0.25, 0.3) is 0 Å². The number of para-hydroxylation sites is 1. The van der Waals surface area contributed by atoms with Crippen molar-refractivity contribution in [2.24, 2.45) is 0 Å². The van der Waals surface area contributed by atoms with Crippen molar-refractivity contribution in [2.45, 2.75) is 31.0 Å². The third-order valence-electron chi connectivity index (χ3n) is 6.48. The Morgan fingerprint density at radius 2 is 1.64 bits per heavy atom. The van der Waals surface area contributed by atoms with E-state index >= 15 is 0 Å². The molecule has 0 radical (unpaired) electrons. The van der Waals surface area contributed by atoms with Crippen LogP contribution >= 0.6 is 11.6 Å². The number of anilines is 1. The molecule has 3 aromatic rings. The maximum atomic E-state index is 13.9. The molecular weight excluding hydrogens is 442 g/mol. The van der Waals surface area contributed by atoms with Crippen LogP contribution in [0, 0.1) is 0 Å². The van der Waals surface area contributed by atoms with Crippen LogP contribution in [-0.4, -0.2) is 18.0 Å². The van der Waals surface area contributed by atoms with Gasteiger partial charge in [-0.25, -0.2) is 9.69 Å². The van der Waals surface area contributed by atoms with E-state index in [1.54, 1.807) is 48.5 Å². The van der Waals surface area contributed by atoms with Crippen molar-refractivity contribution in [3.05, 3.63) is 101 Å². The molecular formula is C26H20ClNO5. The quantitative estimate of drug-likeness (QED) is 0.504. The number of hydrogen-bond acceptors (Lipinski definition) is 5. The minimum Gasteiger partial charge on any atom is -0.444 e. The van der Waals surface area contributed by atoms with Gasteiger partial charge in [0.25, 0.3) is 5.91 Å². The van der Waals surface area contributed by atoms with E-state index in [9.17, 15) is 14.4 Å². The summed E-state index contributed by atoms with van der Waals surface area (Å²) in [7, 11) is 0. The third kappa shape index (κ3) is 2.84. The highest BCUT2D eigenvalue weighted by molar-refractivity contribution is 6.30. The molecule has 2 aliphatic heterocycles. The van der Waals surface area contributed by atoms with Gasteiger partial charge >= 0.3 is 12.1 Å². The molecule has 2 amide bonds. The molecule has 0 aliphatic carbocycles. The Hall–Kier alpha value is -3.64. The first kappa shape index (κ1) is 21.2. The van der Waals surface area contributed by atoms with Gasteiger partial charge in [0.05, 0.1) is 5.69 Å². The Morgan fingerprint density at radius 1 is 0.970 bits per heavy atom. The highest BCUT2D eigenvalue weighted by Crippen LogP contribution is 2.62. The highest BCUT2D eigenvalue weighted by Gasteiger charge is 2.78. The predicted molar refractivity (Wildman–Crippen MR) is 122 cm³/mol. The number of imide groups is 1. The summed E-state index contributed by atoms with van der Waals surface area (Å²) in [5.74, 6) is -1.16. The van der Waals surface area contributed by atoms with Crippen LogP contribution in [-0.2, 0) is 36.7 Å². The normalized spacial score (nSPS) is 23.2. The molecule has 0 saturated carbocycles. The monoisotopic (exact) mass is 461 g/mol. The van der Waals surface area contributed by atoms with Gasteiger partial charge < -0.3 is 9.47 Å². The minimum absolute atomic E-state index is 0.00845. The molecule has 0 N–H and O–H groups in total.